The van der Waals surface area contributed by atoms with Crippen LogP contribution in [0.1, 0.15) is 39.0 Å². The van der Waals surface area contributed by atoms with E-state index in [1.165, 1.54) is 51.7 Å². The molecular formula is C11H24N2. The van der Waals surface area contributed by atoms with E-state index in [0.29, 0.717) is 0 Å². The summed E-state index contributed by atoms with van der Waals surface area (Å²) >= 11 is 0. The summed E-state index contributed by atoms with van der Waals surface area (Å²) in [6.07, 6.45) is 6.68. The van der Waals surface area contributed by atoms with Crippen LogP contribution >= 0.6 is 0 Å². The molecule has 0 aromatic heterocycles. The van der Waals surface area contributed by atoms with Crippen LogP contribution in [0.3, 0.4) is 0 Å². The Bertz CT molecular complexity index is 117. The molecule has 1 aliphatic heterocycles. The van der Waals surface area contributed by atoms with E-state index in [-0.39, 0.29) is 0 Å². The van der Waals surface area contributed by atoms with Gasteiger partial charge in [0, 0.05) is 0 Å². The molecule has 1 heterocycles. The second-order valence-corrected chi connectivity index (χ2v) is 4.22. The van der Waals surface area contributed by atoms with Gasteiger partial charge in [-0.25, -0.2) is 0 Å². The van der Waals surface area contributed by atoms with Crippen LogP contribution in [0, 0.1) is 5.92 Å². The van der Waals surface area contributed by atoms with Crippen LogP contribution in [0.2, 0.25) is 0 Å². The van der Waals surface area contributed by atoms with E-state index in [4.69, 9.17) is 5.73 Å². The second kappa shape index (κ2) is 6.39. The van der Waals surface area contributed by atoms with Crippen LogP contribution < -0.4 is 5.73 Å². The van der Waals surface area contributed by atoms with Crippen molar-refractivity contribution in [3.8, 4) is 0 Å². The van der Waals surface area contributed by atoms with Gasteiger partial charge in [-0.05, 0) is 64.2 Å². The molecule has 1 aliphatic rings. The lowest BCUT2D eigenvalue weighted by atomic mass is 9.92. The lowest BCUT2D eigenvalue weighted by Gasteiger charge is -2.31. The van der Waals surface area contributed by atoms with E-state index in [2.05, 4.69) is 11.8 Å². The average Bonchev–Trinajstić information content (AvgIpc) is 2.17. The summed E-state index contributed by atoms with van der Waals surface area (Å²) in [6.45, 7) is 7.07. The standard InChI is InChI=1S/C11H24N2/c1-2-8-13-9-5-11(6-10-13)4-3-7-12/h11H,2-10,12H2,1H3. The van der Waals surface area contributed by atoms with Gasteiger partial charge >= 0.3 is 0 Å². The van der Waals surface area contributed by atoms with Crippen molar-refractivity contribution >= 4 is 0 Å². The maximum absolute atomic E-state index is 5.51. The Morgan fingerprint density at radius 2 is 2.00 bits per heavy atom. The van der Waals surface area contributed by atoms with Crippen LogP contribution in [0.4, 0.5) is 0 Å². The molecule has 0 aromatic carbocycles. The van der Waals surface area contributed by atoms with Crippen molar-refractivity contribution in [3.05, 3.63) is 0 Å². The zero-order valence-corrected chi connectivity index (χ0v) is 8.97. The molecule has 0 unspecified atom stereocenters. The molecule has 78 valence electrons. The molecule has 1 fully saturated rings. The molecule has 0 radical (unpaired) electrons. The molecule has 13 heavy (non-hydrogen) atoms. The van der Waals surface area contributed by atoms with Crippen molar-refractivity contribution < 1.29 is 0 Å². The molecular weight excluding hydrogens is 160 g/mol. The largest absolute Gasteiger partial charge is 0.330 e. The minimum atomic E-state index is 0.870. The monoisotopic (exact) mass is 184 g/mol. The number of likely N-dealkylation sites (tertiary alicyclic amines) is 1. The van der Waals surface area contributed by atoms with Crippen molar-refractivity contribution in [1.82, 2.24) is 4.90 Å². The molecule has 2 N–H and O–H groups in total. The van der Waals surface area contributed by atoms with Crippen molar-refractivity contribution in [2.45, 2.75) is 39.0 Å². The number of hydrogen-bond donors (Lipinski definition) is 1. The highest BCUT2D eigenvalue weighted by Gasteiger charge is 2.17. The SMILES string of the molecule is CCCN1CCC(CCCN)CC1. The maximum Gasteiger partial charge on any atom is -0.00161 e. The summed E-state index contributed by atoms with van der Waals surface area (Å²) in [5, 5.41) is 0. The van der Waals surface area contributed by atoms with Gasteiger partial charge in [0.05, 0.1) is 0 Å². The van der Waals surface area contributed by atoms with Gasteiger partial charge in [0.25, 0.3) is 0 Å². The van der Waals surface area contributed by atoms with Gasteiger partial charge in [0.2, 0.25) is 0 Å². The second-order valence-electron chi connectivity index (χ2n) is 4.22. The zero-order valence-electron chi connectivity index (χ0n) is 8.97. The Kier molecular flexibility index (Phi) is 5.40. The summed E-state index contributed by atoms with van der Waals surface area (Å²) < 4.78 is 0. The average molecular weight is 184 g/mol. The molecule has 0 aliphatic carbocycles. The predicted molar refractivity (Wildman–Crippen MR) is 57.7 cm³/mol. The van der Waals surface area contributed by atoms with E-state index in [0.717, 1.165) is 12.5 Å². The van der Waals surface area contributed by atoms with Crippen LogP contribution in [0.25, 0.3) is 0 Å². The zero-order chi connectivity index (χ0) is 9.52. The Balaban J connectivity index is 2.08. The third-order valence-corrected chi connectivity index (χ3v) is 3.06. The Morgan fingerprint density at radius 1 is 1.31 bits per heavy atom. The molecule has 0 bridgehead atoms. The van der Waals surface area contributed by atoms with Crippen LogP contribution in [0.5, 0.6) is 0 Å². The molecule has 0 amide bonds. The first-order valence-electron chi connectivity index (χ1n) is 5.79. The fraction of sp³-hybridized carbons (Fsp3) is 1.00. The van der Waals surface area contributed by atoms with Crippen molar-refractivity contribution in [3.63, 3.8) is 0 Å². The van der Waals surface area contributed by atoms with E-state index in [1.807, 2.05) is 0 Å². The molecule has 2 heteroatoms. The van der Waals surface area contributed by atoms with Crippen LogP contribution in [-0.2, 0) is 0 Å². The molecule has 1 rings (SSSR count). The number of piperidine rings is 1. The lowest BCUT2D eigenvalue weighted by Crippen LogP contribution is -2.34. The Hall–Kier alpha value is -0.0800. The smallest absolute Gasteiger partial charge is 0.00161 e. The van der Waals surface area contributed by atoms with Crippen molar-refractivity contribution in [2.75, 3.05) is 26.2 Å². The first kappa shape index (κ1) is 11.0. The topological polar surface area (TPSA) is 29.3 Å². The number of nitrogens with two attached hydrogens (primary N) is 1. The lowest BCUT2D eigenvalue weighted by molar-refractivity contribution is 0.178. The van der Waals surface area contributed by atoms with Gasteiger partial charge in [-0.2, -0.15) is 0 Å². The van der Waals surface area contributed by atoms with Gasteiger partial charge in [-0.15, -0.1) is 0 Å². The van der Waals surface area contributed by atoms with Gasteiger partial charge < -0.3 is 10.6 Å². The van der Waals surface area contributed by atoms with E-state index < -0.39 is 0 Å². The summed E-state index contributed by atoms with van der Waals surface area (Å²) in [5.41, 5.74) is 5.51. The highest BCUT2D eigenvalue weighted by molar-refractivity contribution is 4.71. The van der Waals surface area contributed by atoms with Crippen LogP contribution in [-0.4, -0.2) is 31.1 Å². The summed E-state index contributed by atoms with van der Waals surface area (Å²) in [6, 6.07) is 0. The summed E-state index contributed by atoms with van der Waals surface area (Å²) in [4.78, 5) is 2.60. The fourth-order valence-electron chi connectivity index (χ4n) is 2.22. The maximum atomic E-state index is 5.51. The number of nitrogens with zero attached hydrogens (tertiary/aromatic N) is 1. The molecule has 0 spiro atoms. The Labute approximate surface area is 82.5 Å². The highest BCUT2D eigenvalue weighted by atomic mass is 15.1. The van der Waals surface area contributed by atoms with Crippen LogP contribution in [0.15, 0.2) is 0 Å². The molecule has 0 atom stereocenters. The molecule has 0 aromatic rings. The number of hydrogen-bond acceptors (Lipinski definition) is 2. The van der Waals surface area contributed by atoms with Gasteiger partial charge in [0.15, 0.2) is 0 Å². The quantitative estimate of drug-likeness (QED) is 0.706. The third-order valence-electron chi connectivity index (χ3n) is 3.06. The van der Waals surface area contributed by atoms with E-state index >= 15 is 0 Å². The first-order chi connectivity index (χ1) is 6.36. The first-order valence-corrected chi connectivity index (χ1v) is 5.79. The van der Waals surface area contributed by atoms with Gasteiger partial charge in [-0.3, -0.25) is 0 Å². The molecule has 1 saturated heterocycles. The van der Waals surface area contributed by atoms with Gasteiger partial charge in [0.1, 0.15) is 0 Å². The highest BCUT2D eigenvalue weighted by Crippen LogP contribution is 2.21. The summed E-state index contributed by atoms with van der Waals surface area (Å²) in [7, 11) is 0. The van der Waals surface area contributed by atoms with Crippen molar-refractivity contribution in [1.29, 1.82) is 0 Å². The molecule has 0 saturated carbocycles. The van der Waals surface area contributed by atoms with E-state index in [9.17, 15) is 0 Å². The van der Waals surface area contributed by atoms with Crippen molar-refractivity contribution in [2.24, 2.45) is 11.7 Å². The Morgan fingerprint density at radius 3 is 2.54 bits per heavy atom. The predicted octanol–water partition coefficient (Wildman–Crippen LogP) is 1.85. The molecule has 2 nitrogen and oxygen atoms in total. The number of rotatable bonds is 5. The van der Waals surface area contributed by atoms with Gasteiger partial charge in [-0.1, -0.05) is 6.92 Å². The minimum absolute atomic E-state index is 0.870. The third kappa shape index (κ3) is 4.10. The normalized spacial score (nSPS) is 20.8. The summed E-state index contributed by atoms with van der Waals surface area (Å²) in [5.74, 6) is 0.969. The minimum Gasteiger partial charge on any atom is -0.330 e. The fourth-order valence-corrected chi connectivity index (χ4v) is 2.22. The van der Waals surface area contributed by atoms with E-state index in [1.54, 1.807) is 0 Å².